The highest BCUT2D eigenvalue weighted by Crippen LogP contribution is 2.31. The Morgan fingerprint density at radius 3 is 1.94 bits per heavy atom. The Balaban J connectivity index is 1.95. The van der Waals surface area contributed by atoms with Crippen LogP contribution in [0, 0.1) is 0 Å². The molecule has 2 unspecified atom stereocenters. The van der Waals surface area contributed by atoms with Crippen molar-refractivity contribution in [3.8, 4) is 11.5 Å². The number of aliphatic hydroxyl groups is 2. The summed E-state index contributed by atoms with van der Waals surface area (Å²) in [6.07, 6.45) is -0.891. The molecule has 0 saturated carbocycles. The number of pyridine rings is 1. The summed E-state index contributed by atoms with van der Waals surface area (Å²) in [7, 11) is 0. The summed E-state index contributed by atoms with van der Waals surface area (Å²) in [6.45, 7) is 10.1. The number of rotatable bonds is 12. The molecule has 2 aromatic rings. The molecule has 0 fully saturated rings. The second kappa shape index (κ2) is 11.8. The van der Waals surface area contributed by atoms with Crippen LogP contribution in [0.15, 0.2) is 54.8 Å². The Kier molecular flexibility index (Phi) is 9.18. The number of hydrogen-bond acceptors (Lipinski definition) is 9. The topological polar surface area (TPSA) is 124 Å². The van der Waals surface area contributed by atoms with Crippen molar-refractivity contribution >= 4 is 22.8 Å². The largest absolute Gasteiger partial charge is 0.493 e. The van der Waals surface area contributed by atoms with Crippen LogP contribution in [0.2, 0.25) is 0 Å². The molecule has 0 saturated heterocycles. The fraction of sp³-hybridized carbons (Fsp3) is 0.348. The van der Waals surface area contributed by atoms with Crippen molar-refractivity contribution in [1.29, 1.82) is 0 Å². The van der Waals surface area contributed by atoms with E-state index in [1.165, 1.54) is 13.8 Å². The molecule has 9 nitrogen and oxygen atoms in total. The lowest BCUT2D eigenvalue weighted by molar-refractivity contribution is -0.165. The van der Waals surface area contributed by atoms with Crippen LogP contribution in [0.5, 0.6) is 11.5 Å². The number of aromatic nitrogens is 1. The molecule has 9 heteroatoms. The number of carbonyl (C=O) groups is 2. The first-order valence-electron chi connectivity index (χ1n) is 9.91. The maximum atomic E-state index is 11.4. The highest BCUT2D eigenvalue weighted by Gasteiger charge is 2.15. The van der Waals surface area contributed by atoms with Gasteiger partial charge in [-0.2, -0.15) is 0 Å². The number of benzene rings is 1. The van der Waals surface area contributed by atoms with E-state index in [1.54, 1.807) is 30.5 Å². The predicted octanol–water partition coefficient (Wildman–Crippen LogP) is 2.65. The van der Waals surface area contributed by atoms with E-state index in [1.807, 2.05) is 0 Å². The van der Waals surface area contributed by atoms with Gasteiger partial charge in [-0.05, 0) is 38.1 Å². The maximum Gasteiger partial charge on any atom is 0.335 e. The molecule has 1 aromatic carbocycles. The predicted molar refractivity (Wildman–Crippen MR) is 116 cm³/mol. The Hall–Kier alpha value is -3.43. The van der Waals surface area contributed by atoms with Gasteiger partial charge in [0, 0.05) is 35.6 Å². The van der Waals surface area contributed by atoms with E-state index in [2.05, 4.69) is 18.1 Å². The van der Waals surface area contributed by atoms with Crippen LogP contribution >= 0.6 is 0 Å². The number of ether oxygens (including phenoxy) is 4. The first-order valence-corrected chi connectivity index (χ1v) is 9.91. The van der Waals surface area contributed by atoms with E-state index >= 15 is 0 Å². The molecule has 0 aliphatic rings. The number of esters is 2. The van der Waals surface area contributed by atoms with Gasteiger partial charge in [0.15, 0.2) is 0 Å². The van der Waals surface area contributed by atoms with Crippen molar-refractivity contribution in [2.24, 2.45) is 0 Å². The number of carbonyl (C=O) groups excluding carboxylic acids is 2. The number of hydrogen-bond donors (Lipinski definition) is 2. The molecule has 1 aromatic heterocycles. The normalized spacial score (nSPS) is 12.5. The Labute approximate surface area is 185 Å². The molecule has 2 atom stereocenters. The fourth-order valence-corrected chi connectivity index (χ4v) is 2.47. The third kappa shape index (κ3) is 7.36. The van der Waals surface area contributed by atoms with Crippen molar-refractivity contribution < 1.29 is 38.7 Å². The van der Waals surface area contributed by atoms with Crippen molar-refractivity contribution in [2.75, 3.05) is 13.2 Å². The Bertz CT molecular complexity index is 909. The summed E-state index contributed by atoms with van der Waals surface area (Å²) < 4.78 is 21.0. The molecule has 1 heterocycles. The lowest BCUT2D eigenvalue weighted by atomic mass is 10.2. The zero-order valence-corrected chi connectivity index (χ0v) is 18.1. The van der Waals surface area contributed by atoms with Gasteiger partial charge in [-0.3, -0.25) is 4.98 Å². The minimum absolute atomic E-state index is 0.0619. The van der Waals surface area contributed by atoms with Gasteiger partial charge in [-0.25, -0.2) is 9.59 Å². The van der Waals surface area contributed by atoms with Crippen LogP contribution in [-0.2, 0) is 19.1 Å². The van der Waals surface area contributed by atoms with Crippen molar-refractivity contribution in [3.63, 3.8) is 0 Å². The van der Waals surface area contributed by atoms with Crippen LogP contribution in [-0.4, -0.2) is 52.9 Å². The van der Waals surface area contributed by atoms with Gasteiger partial charge in [-0.15, -0.1) is 0 Å². The first-order chi connectivity index (χ1) is 15.2. The number of aliphatic hydroxyl groups excluding tert-OH is 2. The van der Waals surface area contributed by atoms with Gasteiger partial charge in [0.1, 0.15) is 17.0 Å². The average molecular weight is 445 g/mol. The molecule has 2 N–H and O–H groups in total. The van der Waals surface area contributed by atoms with E-state index in [9.17, 15) is 19.8 Å². The highest BCUT2D eigenvalue weighted by atomic mass is 16.6. The lowest BCUT2D eigenvalue weighted by Crippen LogP contribution is -2.20. The van der Waals surface area contributed by atoms with Gasteiger partial charge < -0.3 is 29.2 Å². The molecule has 172 valence electrons. The van der Waals surface area contributed by atoms with Gasteiger partial charge >= 0.3 is 11.9 Å². The molecular formula is C23H27NO8. The van der Waals surface area contributed by atoms with Crippen LogP contribution < -0.4 is 9.47 Å². The summed E-state index contributed by atoms with van der Waals surface area (Å²) in [5, 5.41) is 20.2. The van der Waals surface area contributed by atoms with Crippen LogP contribution in [0.4, 0.5) is 0 Å². The lowest BCUT2D eigenvalue weighted by Gasteiger charge is -2.16. The van der Waals surface area contributed by atoms with E-state index in [0.717, 1.165) is 0 Å². The quantitative estimate of drug-likeness (QED) is 0.288. The van der Waals surface area contributed by atoms with Crippen LogP contribution in [0.25, 0.3) is 10.9 Å². The molecule has 0 radical (unpaired) electrons. The fourth-order valence-electron chi connectivity index (χ4n) is 2.47. The van der Waals surface area contributed by atoms with Crippen LogP contribution in [0.3, 0.4) is 0 Å². The standard InChI is InChI=1S/C23H27NO8/c1-14(2)22(27)31-19(25)9-12-29-17-7-8-18(21-16(17)6-5-11-24-21)30-13-10-20(26)32-23(28)15(3)4/h5-8,11,19-20,25-26H,1,3,9-10,12-13H2,2,4H3. The van der Waals surface area contributed by atoms with E-state index in [0.29, 0.717) is 22.4 Å². The monoisotopic (exact) mass is 445 g/mol. The summed E-state index contributed by atoms with van der Waals surface area (Å²) in [5.74, 6) is -0.380. The van der Waals surface area contributed by atoms with Gasteiger partial charge in [0.2, 0.25) is 12.6 Å². The average Bonchev–Trinajstić information content (AvgIpc) is 2.74. The highest BCUT2D eigenvalue weighted by molar-refractivity contribution is 5.90. The van der Waals surface area contributed by atoms with Gasteiger partial charge in [0.05, 0.1) is 13.2 Å². The zero-order chi connectivity index (χ0) is 23.7. The SMILES string of the molecule is C=C(C)C(=O)OC(O)CCOc1ccc(OCCC(O)OC(=O)C(=C)C)c2ncccc12. The minimum atomic E-state index is -1.31. The van der Waals surface area contributed by atoms with E-state index < -0.39 is 24.5 Å². The summed E-state index contributed by atoms with van der Waals surface area (Å²) in [4.78, 5) is 27.2. The third-order valence-corrected chi connectivity index (χ3v) is 4.12. The van der Waals surface area contributed by atoms with Crippen LogP contribution in [0.1, 0.15) is 26.7 Å². The molecule has 32 heavy (non-hydrogen) atoms. The molecule has 0 aliphatic heterocycles. The van der Waals surface area contributed by atoms with Gasteiger partial charge in [-0.1, -0.05) is 13.2 Å². The Morgan fingerprint density at radius 1 is 0.906 bits per heavy atom. The molecule has 0 amide bonds. The summed E-state index contributed by atoms with van der Waals surface area (Å²) in [5.41, 5.74) is 0.920. The smallest absolute Gasteiger partial charge is 0.335 e. The number of fused-ring (bicyclic) bond motifs is 1. The van der Waals surface area contributed by atoms with E-state index in [4.69, 9.17) is 18.9 Å². The minimum Gasteiger partial charge on any atom is -0.493 e. The maximum absolute atomic E-state index is 11.4. The zero-order valence-electron chi connectivity index (χ0n) is 18.1. The molecule has 2 rings (SSSR count). The second-order valence-electron chi connectivity index (χ2n) is 7.02. The summed E-state index contributed by atoms with van der Waals surface area (Å²) >= 11 is 0. The van der Waals surface area contributed by atoms with Crippen molar-refractivity contribution in [3.05, 3.63) is 54.8 Å². The second-order valence-corrected chi connectivity index (χ2v) is 7.02. The summed E-state index contributed by atoms with van der Waals surface area (Å²) in [6, 6.07) is 6.88. The molecule has 0 spiro atoms. The van der Waals surface area contributed by atoms with E-state index in [-0.39, 0.29) is 37.2 Å². The van der Waals surface area contributed by atoms with Gasteiger partial charge in [0.25, 0.3) is 0 Å². The molecule has 0 bridgehead atoms. The first kappa shape index (κ1) is 24.8. The molecule has 0 aliphatic carbocycles. The third-order valence-electron chi connectivity index (χ3n) is 4.12. The van der Waals surface area contributed by atoms with Crippen molar-refractivity contribution in [2.45, 2.75) is 39.3 Å². The molecular weight excluding hydrogens is 418 g/mol. The Morgan fingerprint density at radius 2 is 1.41 bits per heavy atom. The van der Waals surface area contributed by atoms with Crippen molar-refractivity contribution in [1.82, 2.24) is 4.98 Å². The number of nitrogens with zero attached hydrogens (tertiary/aromatic N) is 1.